The molecule has 2 N–H and O–H groups in total. The molecule has 0 radical (unpaired) electrons. The second kappa shape index (κ2) is 6.11. The highest BCUT2D eigenvalue weighted by Crippen LogP contribution is 2.22. The van der Waals surface area contributed by atoms with Gasteiger partial charge in [-0.2, -0.15) is 0 Å². The van der Waals surface area contributed by atoms with Gasteiger partial charge in [0, 0.05) is 28.9 Å². The molecule has 96 valence electrons. The van der Waals surface area contributed by atoms with Crippen molar-refractivity contribution in [1.82, 2.24) is 4.98 Å². The summed E-state index contributed by atoms with van der Waals surface area (Å²) in [5.41, 5.74) is 0.525. The van der Waals surface area contributed by atoms with E-state index in [9.17, 15) is 9.00 Å². The Morgan fingerprint density at radius 1 is 1.65 bits per heavy atom. The van der Waals surface area contributed by atoms with E-state index in [0.717, 1.165) is 17.8 Å². The predicted octanol–water partition coefficient (Wildman–Crippen LogP) is 1.72. The molecule has 0 saturated heterocycles. The molecule has 2 unspecified atom stereocenters. The molecular weight excluding hydrogens is 260 g/mol. The van der Waals surface area contributed by atoms with E-state index in [0.29, 0.717) is 17.4 Å². The van der Waals surface area contributed by atoms with E-state index in [4.69, 9.17) is 5.11 Å². The quantitative estimate of drug-likeness (QED) is 0.827. The van der Waals surface area contributed by atoms with Crippen LogP contribution >= 0.6 is 11.3 Å². The van der Waals surface area contributed by atoms with Crippen LogP contribution in [0.3, 0.4) is 0 Å². The summed E-state index contributed by atoms with van der Waals surface area (Å²) in [6.07, 6.45) is 2.45. The van der Waals surface area contributed by atoms with Crippen molar-refractivity contribution in [2.75, 3.05) is 18.1 Å². The minimum Gasteiger partial charge on any atom is -0.477 e. The molecule has 0 fully saturated rings. The smallest absolute Gasteiger partial charge is 0.347 e. The summed E-state index contributed by atoms with van der Waals surface area (Å²) in [5, 5.41) is 12.7. The summed E-state index contributed by atoms with van der Waals surface area (Å²) in [6, 6.07) is 0. The summed E-state index contributed by atoms with van der Waals surface area (Å²) in [6.45, 7) is 4.25. The molecule has 0 bridgehead atoms. The highest BCUT2D eigenvalue weighted by atomic mass is 32.2. The Kier molecular flexibility index (Phi) is 5.07. The molecule has 0 aliphatic heterocycles. The molecule has 7 heteroatoms. The van der Waals surface area contributed by atoms with Crippen molar-refractivity contribution in [3.8, 4) is 0 Å². The standard InChI is InChI=1S/C10H16N2O3S2/c1-6(17(3)15)4-5-11-10-12-7(2)8(16-10)9(13)14/h6H,4-5H2,1-3H3,(H,11,12)(H,13,14). The van der Waals surface area contributed by atoms with Crippen LogP contribution in [0, 0.1) is 6.92 Å². The van der Waals surface area contributed by atoms with E-state index in [2.05, 4.69) is 10.3 Å². The minimum absolute atomic E-state index is 0.127. The number of aromatic nitrogens is 1. The molecule has 1 aromatic heterocycles. The summed E-state index contributed by atoms with van der Waals surface area (Å²) in [4.78, 5) is 15.2. The van der Waals surface area contributed by atoms with Crippen molar-refractivity contribution in [1.29, 1.82) is 0 Å². The summed E-state index contributed by atoms with van der Waals surface area (Å²) in [7, 11) is -0.826. The third-order valence-corrected chi connectivity index (χ3v) is 4.86. The molecule has 17 heavy (non-hydrogen) atoms. The molecule has 0 saturated carbocycles. The highest BCUT2D eigenvalue weighted by molar-refractivity contribution is 7.84. The number of anilines is 1. The number of carboxylic acid groups (broad SMARTS) is 1. The van der Waals surface area contributed by atoms with Gasteiger partial charge in [0.05, 0.1) is 5.69 Å². The zero-order valence-electron chi connectivity index (χ0n) is 10.0. The van der Waals surface area contributed by atoms with Crippen LogP contribution in [0.25, 0.3) is 0 Å². The number of aryl methyl sites for hydroxylation is 1. The monoisotopic (exact) mass is 276 g/mol. The van der Waals surface area contributed by atoms with E-state index in [-0.39, 0.29) is 10.1 Å². The fraction of sp³-hybridized carbons (Fsp3) is 0.600. The number of carbonyl (C=O) groups is 1. The van der Waals surface area contributed by atoms with Crippen LogP contribution in [0.15, 0.2) is 0 Å². The lowest BCUT2D eigenvalue weighted by atomic mass is 10.3. The molecule has 0 amide bonds. The Balaban J connectivity index is 2.50. The first kappa shape index (κ1) is 14.1. The number of hydrogen-bond acceptors (Lipinski definition) is 5. The van der Waals surface area contributed by atoms with Gasteiger partial charge in [-0.15, -0.1) is 0 Å². The molecule has 2 atom stereocenters. The maximum Gasteiger partial charge on any atom is 0.347 e. The number of nitrogens with zero attached hydrogens (tertiary/aromatic N) is 1. The van der Waals surface area contributed by atoms with Gasteiger partial charge in [0.2, 0.25) is 0 Å². The maximum absolute atomic E-state index is 11.1. The lowest BCUT2D eigenvalue weighted by Gasteiger charge is -2.07. The van der Waals surface area contributed by atoms with Crippen molar-refractivity contribution < 1.29 is 14.1 Å². The van der Waals surface area contributed by atoms with Crippen molar-refractivity contribution >= 4 is 33.2 Å². The number of nitrogens with one attached hydrogen (secondary N) is 1. The lowest BCUT2D eigenvalue weighted by molar-refractivity contribution is 0.0701. The molecule has 0 aliphatic carbocycles. The van der Waals surface area contributed by atoms with Crippen molar-refractivity contribution in [3.05, 3.63) is 10.6 Å². The largest absolute Gasteiger partial charge is 0.477 e. The number of thiazole rings is 1. The van der Waals surface area contributed by atoms with Gasteiger partial charge in [0.1, 0.15) is 4.88 Å². The number of aromatic carboxylic acids is 1. The van der Waals surface area contributed by atoms with Crippen molar-refractivity contribution in [2.45, 2.75) is 25.5 Å². The number of carboxylic acids is 1. The summed E-state index contributed by atoms with van der Waals surface area (Å²) in [5.74, 6) is -0.948. The normalized spacial score (nSPS) is 14.3. The molecule has 5 nitrogen and oxygen atoms in total. The molecular formula is C10H16N2O3S2. The second-order valence-electron chi connectivity index (χ2n) is 3.76. The summed E-state index contributed by atoms with van der Waals surface area (Å²) >= 11 is 1.13. The van der Waals surface area contributed by atoms with Gasteiger partial charge in [0.15, 0.2) is 5.13 Å². The first-order chi connectivity index (χ1) is 7.91. The Morgan fingerprint density at radius 3 is 2.76 bits per heavy atom. The van der Waals surface area contributed by atoms with Crippen molar-refractivity contribution in [2.24, 2.45) is 0 Å². The van der Waals surface area contributed by atoms with Crippen LogP contribution in [-0.4, -0.2) is 38.3 Å². The third-order valence-electron chi connectivity index (χ3n) is 2.38. The van der Waals surface area contributed by atoms with Gasteiger partial charge in [-0.25, -0.2) is 9.78 Å². The third kappa shape index (κ3) is 4.08. The average Bonchev–Trinajstić information content (AvgIpc) is 2.59. The number of hydrogen-bond donors (Lipinski definition) is 2. The first-order valence-corrected chi connectivity index (χ1v) is 7.62. The van der Waals surface area contributed by atoms with Gasteiger partial charge in [-0.3, -0.25) is 4.21 Å². The van der Waals surface area contributed by atoms with E-state index in [1.807, 2.05) is 6.92 Å². The zero-order valence-corrected chi connectivity index (χ0v) is 11.7. The fourth-order valence-corrected chi connectivity index (χ4v) is 2.50. The summed E-state index contributed by atoms with van der Waals surface area (Å²) < 4.78 is 11.1. The van der Waals surface area contributed by atoms with Crippen LogP contribution in [-0.2, 0) is 10.8 Å². The van der Waals surface area contributed by atoms with Crippen molar-refractivity contribution in [3.63, 3.8) is 0 Å². The van der Waals surface area contributed by atoms with E-state index < -0.39 is 16.8 Å². The molecule has 1 rings (SSSR count). The Hall–Kier alpha value is -0.950. The van der Waals surface area contributed by atoms with E-state index >= 15 is 0 Å². The second-order valence-corrected chi connectivity index (χ2v) is 6.56. The van der Waals surface area contributed by atoms with Crippen LogP contribution < -0.4 is 5.32 Å². The van der Waals surface area contributed by atoms with Crippen LogP contribution in [0.1, 0.15) is 28.7 Å². The maximum atomic E-state index is 11.1. The highest BCUT2D eigenvalue weighted by Gasteiger charge is 2.14. The van der Waals surface area contributed by atoms with Gasteiger partial charge in [0.25, 0.3) is 0 Å². The van der Waals surface area contributed by atoms with Crippen LogP contribution in [0.2, 0.25) is 0 Å². The van der Waals surface area contributed by atoms with Gasteiger partial charge in [-0.1, -0.05) is 18.3 Å². The van der Waals surface area contributed by atoms with E-state index in [1.165, 1.54) is 0 Å². The Labute approximate surface area is 107 Å². The molecule has 0 aliphatic rings. The Bertz CT molecular complexity index is 431. The first-order valence-electron chi connectivity index (χ1n) is 5.18. The topological polar surface area (TPSA) is 79.3 Å². The van der Waals surface area contributed by atoms with Crippen LogP contribution in [0.4, 0.5) is 5.13 Å². The molecule has 1 aromatic rings. The number of rotatable bonds is 6. The predicted molar refractivity (Wildman–Crippen MR) is 70.4 cm³/mol. The van der Waals surface area contributed by atoms with E-state index in [1.54, 1.807) is 13.2 Å². The van der Waals surface area contributed by atoms with Gasteiger partial charge >= 0.3 is 5.97 Å². The average molecular weight is 276 g/mol. The molecule has 1 heterocycles. The Morgan fingerprint density at radius 2 is 2.29 bits per heavy atom. The van der Waals surface area contributed by atoms with Gasteiger partial charge in [-0.05, 0) is 13.3 Å². The SMILES string of the molecule is Cc1nc(NCCC(C)S(C)=O)sc1C(=O)O. The lowest BCUT2D eigenvalue weighted by Crippen LogP contribution is -2.14. The zero-order chi connectivity index (χ0) is 13.0. The van der Waals surface area contributed by atoms with Crippen LogP contribution in [0.5, 0.6) is 0 Å². The molecule has 0 aromatic carbocycles. The fourth-order valence-electron chi connectivity index (χ4n) is 1.22. The molecule has 0 spiro atoms. The minimum atomic E-state index is -0.948. The van der Waals surface area contributed by atoms with Gasteiger partial charge < -0.3 is 10.4 Å².